The number of likely N-dealkylation sites (N-methyl/N-ethyl adjacent to an activating group) is 2. The Labute approximate surface area is 268 Å². The Morgan fingerprint density at radius 1 is 0.787 bits per heavy atom. The molecule has 21 heteroatoms. The number of urea groups is 2. The van der Waals surface area contributed by atoms with E-state index in [-0.39, 0.29) is 49.7 Å². The van der Waals surface area contributed by atoms with Crippen LogP contribution in [0.25, 0.3) is 0 Å². The van der Waals surface area contributed by atoms with Crippen molar-refractivity contribution in [2.75, 3.05) is 40.3 Å². The van der Waals surface area contributed by atoms with Crippen molar-refractivity contribution in [3.8, 4) is 0 Å². The molecule has 4 saturated heterocycles. The number of carbonyl (C=O) groups excluding carboxylic acids is 2. The molecular weight excluding hydrogens is 644 g/mol. The number of hydrogen-bond donors (Lipinski definition) is 4. The van der Waals surface area contributed by atoms with Crippen LogP contribution in [0.3, 0.4) is 0 Å². The van der Waals surface area contributed by atoms with Crippen molar-refractivity contribution in [2.45, 2.75) is 74.9 Å². The van der Waals surface area contributed by atoms with E-state index >= 15 is 0 Å². The summed E-state index contributed by atoms with van der Waals surface area (Å²) in [5.74, 6) is 0.310. The van der Waals surface area contributed by atoms with Crippen molar-refractivity contribution in [2.24, 2.45) is 10.8 Å². The van der Waals surface area contributed by atoms with Crippen LogP contribution in [0.4, 0.5) is 9.59 Å². The van der Waals surface area contributed by atoms with E-state index < -0.39 is 69.7 Å². The second-order valence-electron chi connectivity index (χ2n) is 13.4. The van der Waals surface area contributed by atoms with E-state index in [9.17, 15) is 28.2 Å². The highest BCUT2D eigenvalue weighted by Gasteiger charge is 2.67. The number of hydroxylamine groups is 4. The molecule has 4 bridgehead atoms. The third kappa shape index (κ3) is 4.97. The van der Waals surface area contributed by atoms with Crippen molar-refractivity contribution in [1.29, 1.82) is 0 Å². The van der Waals surface area contributed by atoms with Crippen molar-refractivity contribution in [3.63, 3.8) is 0 Å². The number of amides is 4. The molecule has 47 heavy (non-hydrogen) atoms. The zero-order valence-electron chi connectivity index (χ0n) is 25.7. The summed E-state index contributed by atoms with van der Waals surface area (Å²) in [7, 11) is -1.61. The average Bonchev–Trinajstić information content (AvgIpc) is 3.72. The Hall–Kier alpha value is -3.47. The molecule has 0 aromatic carbocycles. The Balaban J connectivity index is 0.987. The van der Waals surface area contributed by atoms with Crippen LogP contribution < -0.4 is 10.6 Å². The van der Waals surface area contributed by atoms with Gasteiger partial charge in [0.05, 0.1) is 12.1 Å². The Morgan fingerprint density at radius 3 is 1.55 bits per heavy atom. The number of nitrogens with zero attached hydrogens (tertiary/aromatic N) is 8. The quantitative estimate of drug-likeness (QED) is 0.219. The highest BCUT2D eigenvalue weighted by molar-refractivity contribution is 7.81. The number of piperidine rings is 2. The molecule has 2 aromatic heterocycles. The number of hydrogen-bond acceptors (Lipinski definition) is 16. The molecule has 6 atom stereocenters. The van der Waals surface area contributed by atoms with Gasteiger partial charge >= 0.3 is 22.5 Å². The maximum atomic E-state index is 13.6. The first kappa shape index (κ1) is 30.8. The first-order chi connectivity index (χ1) is 22.5. The van der Waals surface area contributed by atoms with Crippen LogP contribution in [0.15, 0.2) is 8.83 Å². The SMILES string of the molecule is CNCC(O)c1nnc([C@@H]2CC3(CC3)[C@@H]3CN2C(=O)N3OS(=O)(=O)ON2C(=O)N3C[C@H]2C2(CC2)C[C@H]3c2nnc(C(O)CNC)o2)o1. The van der Waals surface area contributed by atoms with Gasteiger partial charge in [0, 0.05) is 26.2 Å². The molecule has 256 valence electrons. The monoisotopic (exact) mass is 680 g/mol. The fraction of sp³-hybridized carbons (Fsp3) is 0.769. The van der Waals surface area contributed by atoms with Gasteiger partial charge < -0.3 is 39.5 Å². The van der Waals surface area contributed by atoms with E-state index in [2.05, 4.69) is 31.0 Å². The van der Waals surface area contributed by atoms with Gasteiger partial charge in [0.15, 0.2) is 0 Å². The maximum absolute atomic E-state index is 13.6. The topological polar surface area (TPSA) is 242 Å². The summed E-state index contributed by atoms with van der Waals surface area (Å²) < 4.78 is 49.1. The van der Waals surface area contributed by atoms with Gasteiger partial charge in [0.1, 0.15) is 24.3 Å². The Morgan fingerprint density at radius 2 is 1.19 bits per heavy atom. The van der Waals surface area contributed by atoms with Gasteiger partial charge in [-0.1, -0.05) is 0 Å². The summed E-state index contributed by atoms with van der Waals surface area (Å²) >= 11 is 0. The lowest BCUT2D eigenvalue weighted by molar-refractivity contribution is -0.101. The first-order valence-corrected chi connectivity index (χ1v) is 17.0. The normalized spacial score (nSPS) is 29.8. The van der Waals surface area contributed by atoms with Crippen LogP contribution in [-0.2, 0) is 19.0 Å². The lowest BCUT2D eigenvalue weighted by Crippen LogP contribution is -2.45. The van der Waals surface area contributed by atoms with Gasteiger partial charge in [-0.15, -0.1) is 29.0 Å². The predicted octanol–water partition coefficient (Wildman–Crippen LogP) is -0.571. The molecule has 2 spiro atoms. The van der Waals surface area contributed by atoms with E-state index in [1.165, 1.54) is 9.80 Å². The molecule has 6 heterocycles. The number of aromatic nitrogens is 4. The molecule has 4 aliphatic heterocycles. The first-order valence-electron chi connectivity index (χ1n) is 15.6. The van der Waals surface area contributed by atoms with Gasteiger partial charge in [0.25, 0.3) is 0 Å². The lowest BCUT2D eigenvalue weighted by atomic mass is 9.85. The summed E-state index contributed by atoms with van der Waals surface area (Å²) in [6, 6.07) is -3.86. The van der Waals surface area contributed by atoms with E-state index in [4.69, 9.17) is 17.4 Å². The van der Waals surface area contributed by atoms with Crippen LogP contribution in [0, 0.1) is 10.8 Å². The van der Waals surface area contributed by atoms with Gasteiger partial charge in [-0.25, -0.2) is 9.59 Å². The highest BCUT2D eigenvalue weighted by Crippen LogP contribution is 2.63. The van der Waals surface area contributed by atoms with E-state index in [1.807, 2.05) is 0 Å². The second kappa shape index (κ2) is 10.8. The van der Waals surface area contributed by atoms with E-state index in [0.29, 0.717) is 12.8 Å². The molecule has 8 rings (SSSR count). The zero-order chi connectivity index (χ0) is 32.9. The number of aliphatic hydroxyl groups excluding tert-OH is 2. The number of nitrogens with one attached hydrogen (secondary N) is 2. The van der Waals surface area contributed by atoms with Gasteiger partial charge in [0.2, 0.25) is 23.6 Å². The standard InChI is InChI=1S/C26H36N10O10S/c1-27-9-15(37)21-31-29-19(43-21)13-7-25(3-4-25)17-11-33(13)23(39)35(17)45-47(41,42)46-36-18-12-34(24(36)40)14(8-26(18)5-6-26)20-30-32-22(44-20)16(38)10-28-2/h13-18,27-28,37-38H,3-12H2,1-2H3/t13-,14-,15?,16?,17-,18-/m0/s1. The van der Waals surface area contributed by atoms with Crippen molar-refractivity contribution in [1.82, 2.24) is 51.0 Å². The fourth-order valence-corrected chi connectivity index (χ4v) is 8.43. The summed E-state index contributed by atoms with van der Waals surface area (Å²) in [6.07, 6.45) is 1.76. The largest absolute Gasteiger partial charge is 0.442 e. The Bertz CT molecular complexity index is 1560. The molecule has 2 aliphatic carbocycles. The molecule has 6 fully saturated rings. The lowest BCUT2D eigenvalue weighted by Gasteiger charge is -2.35. The molecule has 6 aliphatic rings. The summed E-state index contributed by atoms with van der Waals surface area (Å²) in [4.78, 5) is 30.1. The molecular formula is C26H36N10O10S. The van der Waals surface area contributed by atoms with Gasteiger partial charge in [-0.2, -0.15) is 18.5 Å². The predicted molar refractivity (Wildman–Crippen MR) is 151 cm³/mol. The summed E-state index contributed by atoms with van der Waals surface area (Å²) in [5.41, 5.74) is -0.858. The molecule has 0 radical (unpaired) electrons. The average molecular weight is 681 g/mol. The minimum Gasteiger partial charge on any atom is -0.420 e. The number of carbonyl (C=O) groups is 2. The molecule has 2 aromatic rings. The number of fused-ring (bicyclic) bond motifs is 6. The van der Waals surface area contributed by atoms with Crippen LogP contribution in [-0.4, -0.2) is 123 Å². The van der Waals surface area contributed by atoms with E-state index in [0.717, 1.165) is 35.8 Å². The molecule has 20 nitrogen and oxygen atoms in total. The maximum Gasteiger partial charge on any atom is 0.442 e. The molecule has 4 N–H and O–H groups in total. The highest BCUT2D eigenvalue weighted by atomic mass is 32.3. The number of rotatable bonds is 12. The zero-order valence-corrected chi connectivity index (χ0v) is 26.5. The Kier molecular flexibility index (Phi) is 7.07. The molecule has 2 saturated carbocycles. The van der Waals surface area contributed by atoms with Crippen LogP contribution in [0.5, 0.6) is 0 Å². The van der Waals surface area contributed by atoms with Gasteiger partial charge in [-0.3, -0.25) is 0 Å². The van der Waals surface area contributed by atoms with Crippen LogP contribution in [0.1, 0.15) is 86.4 Å². The van der Waals surface area contributed by atoms with E-state index in [1.54, 1.807) is 14.1 Å². The van der Waals surface area contributed by atoms with Crippen molar-refractivity contribution >= 4 is 22.5 Å². The van der Waals surface area contributed by atoms with Crippen molar-refractivity contribution < 1.29 is 45.6 Å². The smallest absolute Gasteiger partial charge is 0.420 e. The second-order valence-corrected chi connectivity index (χ2v) is 14.5. The molecule has 2 unspecified atom stereocenters. The van der Waals surface area contributed by atoms with Crippen molar-refractivity contribution in [3.05, 3.63) is 23.6 Å². The fourth-order valence-electron chi connectivity index (χ4n) is 7.67. The third-order valence-corrected chi connectivity index (χ3v) is 11.2. The van der Waals surface area contributed by atoms with Crippen LogP contribution >= 0.6 is 0 Å². The molecule has 4 amide bonds. The summed E-state index contributed by atoms with van der Waals surface area (Å²) in [5, 5.41) is 43.8. The van der Waals surface area contributed by atoms with Gasteiger partial charge in [-0.05, 0) is 63.5 Å². The van der Waals surface area contributed by atoms with Crippen LogP contribution in [0.2, 0.25) is 0 Å². The third-order valence-electron chi connectivity index (χ3n) is 10.5. The minimum atomic E-state index is -4.95. The number of aliphatic hydroxyl groups is 2. The minimum absolute atomic E-state index is 0.00915. The summed E-state index contributed by atoms with van der Waals surface area (Å²) in [6.45, 7) is 0.711.